The number of hydrogen-bond acceptors (Lipinski definition) is 4. The van der Waals surface area contributed by atoms with Crippen LogP contribution < -0.4 is 5.43 Å². The van der Waals surface area contributed by atoms with Gasteiger partial charge in [0.25, 0.3) is 10.1 Å². The maximum Gasteiger partial charge on any atom is 0.295 e. The average molecular weight is 242 g/mol. The van der Waals surface area contributed by atoms with E-state index in [1.54, 1.807) is 6.07 Å². The zero-order chi connectivity index (χ0) is 12.2. The minimum Gasteiger partial charge on any atom is -0.282 e. The van der Waals surface area contributed by atoms with Gasteiger partial charge in [0.05, 0.1) is 6.21 Å². The number of hydrogen-bond donors (Lipinski definition) is 2. The van der Waals surface area contributed by atoms with Crippen LogP contribution >= 0.6 is 0 Å². The summed E-state index contributed by atoms with van der Waals surface area (Å²) >= 11 is 0. The molecule has 0 heterocycles. The fourth-order valence-electron chi connectivity index (χ4n) is 1.01. The SMILES string of the molecule is CC(=O)NN=Cc1ccccc1S(=O)(=O)O. The molecule has 0 spiro atoms. The van der Waals surface area contributed by atoms with E-state index in [0.29, 0.717) is 0 Å². The summed E-state index contributed by atoms with van der Waals surface area (Å²) in [6, 6.07) is 5.75. The Morgan fingerprint density at radius 3 is 2.62 bits per heavy atom. The van der Waals surface area contributed by atoms with Gasteiger partial charge < -0.3 is 0 Å². The van der Waals surface area contributed by atoms with Gasteiger partial charge in [0.1, 0.15) is 4.90 Å². The molecule has 2 N–H and O–H groups in total. The first kappa shape index (κ1) is 12.3. The number of nitrogens with one attached hydrogen (secondary N) is 1. The predicted octanol–water partition coefficient (Wildman–Crippen LogP) is 0.403. The van der Waals surface area contributed by atoms with Crippen molar-refractivity contribution in [2.75, 3.05) is 0 Å². The predicted molar refractivity (Wildman–Crippen MR) is 57.7 cm³/mol. The van der Waals surface area contributed by atoms with Gasteiger partial charge in [0, 0.05) is 12.5 Å². The highest BCUT2D eigenvalue weighted by molar-refractivity contribution is 7.86. The van der Waals surface area contributed by atoms with E-state index in [9.17, 15) is 13.2 Å². The lowest BCUT2D eigenvalue weighted by molar-refractivity contribution is -0.118. The molecular weight excluding hydrogens is 232 g/mol. The van der Waals surface area contributed by atoms with Gasteiger partial charge in [0.2, 0.25) is 5.91 Å². The fourth-order valence-corrected chi connectivity index (χ4v) is 1.68. The normalized spacial score (nSPS) is 11.6. The van der Waals surface area contributed by atoms with E-state index in [0.717, 1.165) is 6.21 Å². The van der Waals surface area contributed by atoms with Crippen molar-refractivity contribution in [2.45, 2.75) is 11.8 Å². The molecule has 0 unspecified atom stereocenters. The smallest absolute Gasteiger partial charge is 0.282 e. The molecule has 1 aromatic carbocycles. The molecule has 0 aliphatic rings. The van der Waals surface area contributed by atoms with E-state index in [1.165, 1.54) is 25.1 Å². The zero-order valence-corrected chi connectivity index (χ0v) is 9.23. The highest BCUT2D eigenvalue weighted by Gasteiger charge is 2.12. The molecule has 0 aliphatic carbocycles. The van der Waals surface area contributed by atoms with Gasteiger partial charge in [-0.25, -0.2) is 5.43 Å². The molecule has 0 aromatic heterocycles. The third-order valence-electron chi connectivity index (χ3n) is 1.62. The first-order valence-electron chi connectivity index (χ1n) is 4.27. The molecule has 0 bridgehead atoms. The van der Waals surface area contributed by atoms with Gasteiger partial charge in [-0.1, -0.05) is 18.2 Å². The van der Waals surface area contributed by atoms with Crippen molar-refractivity contribution < 1.29 is 17.8 Å². The number of nitrogens with zero attached hydrogens (tertiary/aromatic N) is 1. The van der Waals surface area contributed by atoms with E-state index >= 15 is 0 Å². The second-order valence-corrected chi connectivity index (χ2v) is 4.33. The molecule has 1 amide bonds. The molecule has 7 heteroatoms. The fraction of sp³-hybridized carbons (Fsp3) is 0.111. The van der Waals surface area contributed by atoms with E-state index in [1.807, 2.05) is 0 Å². The lowest BCUT2D eigenvalue weighted by Crippen LogP contribution is -2.12. The number of carbonyl (C=O) groups excluding carboxylic acids is 1. The van der Waals surface area contributed by atoms with Crippen molar-refractivity contribution in [3.63, 3.8) is 0 Å². The molecule has 0 fully saturated rings. The third kappa shape index (κ3) is 3.44. The zero-order valence-electron chi connectivity index (χ0n) is 8.41. The molecule has 1 aromatic rings. The molecule has 86 valence electrons. The molecule has 16 heavy (non-hydrogen) atoms. The van der Waals surface area contributed by atoms with Gasteiger partial charge in [-0.15, -0.1) is 0 Å². The summed E-state index contributed by atoms with van der Waals surface area (Å²) in [6.45, 7) is 1.27. The molecule has 0 saturated carbocycles. The monoisotopic (exact) mass is 242 g/mol. The van der Waals surface area contributed by atoms with Crippen LogP contribution in [0.3, 0.4) is 0 Å². The summed E-state index contributed by atoms with van der Waals surface area (Å²) in [7, 11) is -4.29. The van der Waals surface area contributed by atoms with Crippen LogP contribution in [0.15, 0.2) is 34.3 Å². The summed E-state index contributed by atoms with van der Waals surface area (Å²) in [5, 5.41) is 3.52. The first-order chi connectivity index (χ1) is 7.41. The summed E-state index contributed by atoms with van der Waals surface area (Å²) in [4.78, 5) is 10.3. The Labute approximate surface area is 92.7 Å². The second-order valence-electron chi connectivity index (χ2n) is 2.94. The molecule has 0 atom stereocenters. The van der Waals surface area contributed by atoms with Gasteiger partial charge in [0.15, 0.2) is 0 Å². The molecule has 0 saturated heterocycles. The van der Waals surface area contributed by atoms with Gasteiger partial charge in [-0.3, -0.25) is 9.35 Å². The Hall–Kier alpha value is -1.73. The van der Waals surface area contributed by atoms with Gasteiger partial charge in [-0.05, 0) is 6.07 Å². The lowest BCUT2D eigenvalue weighted by Gasteiger charge is -2.00. The summed E-state index contributed by atoms with van der Waals surface area (Å²) < 4.78 is 30.8. The Morgan fingerprint density at radius 1 is 1.44 bits per heavy atom. The van der Waals surface area contributed by atoms with E-state index in [4.69, 9.17) is 4.55 Å². The highest BCUT2D eigenvalue weighted by atomic mass is 32.2. The number of amides is 1. The Bertz CT molecular complexity index is 522. The van der Waals surface area contributed by atoms with Gasteiger partial charge in [-0.2, -0.15) is 13.5 Å². The largest absolute Gasteiger partial charge is 0.295 e. The van der Waals surface area contributed by atoms with Crippen LogP contribution in [0.25, 0.3) is 0 Å². The molecule has 1 rings (SSSR count). The van der Waals surface area contributed by atoms with Crippen LogP contribution in [0.1, 0.15) is 12.5 Å². The topological polar surface area (TPSA) is 95.8 Å². The Morgan fingerprint density at radius 2 is 2.06 bits per heavy atom. The van der Waals surface area contributed by atoms with Crippen molar-refractivity contribution in [3.05, 3.63) is 29.8 Å². The van der Waals surface area contributed by atoms with Crippen molar-refractivity contribution in [2.24, 2.45) is 5.10 Å². The second kappa shape index (κ2) is 4.86. The van der Waals surface area contributed by atoms with Crippen molar-refractivity contribution in [1.82, 2.24) is 5.43 Å². The van der Waals surface area contributed by atoms with Crippen molar-refractivity contribution in [1.29, 1.82) is 0 Å². The van der Waals surface area contributed by atoms with Crippen LogP contribution in [-0.4, -0.2) is 25.1 Å². The summed E-state index contributed by atoms with van der Waals surface area (Å²) in [5.41, 5.74) is 2.32. The number of hydrazone groups is 1. The van der Waals surface area contributed by atoms with Crippen LogP contribution in [0.2, 0.25) is 0 Å². The summed E-state index contributed by atoms with van der Waals surface area (Å²) in [6.07, 6.45) is 1.14. The van der Waals surface area contributed by atoms with Crippen LogP contribution in [0.5, 0.6) is 0 Å². The molecule has 6 nitrogen and oxygen atoms in total. The van der Waals surface area contributed by atoms with Crippen molar-refractivity contribution in [3.8, 4) is 0 Å². The van der Waals surface area contributed by atoms with E-state index in [2.05, 4.69) is 10.5 Å². The van der Waals surface area contributed by atoms with Crippen molar-refractivity contribution >= 4 is 22.2 Å². The average Bonchev–Trinajstić information content (AvgIpc) is 2.16. The third-order valence-corrected chi connectivity index (χ3v) is 2.55. The van der Waals surface area contributed by atoms with E-state index in [-0.39, 0.29) is 16.4 Å². The van der Waals surface area contributed by atoms with Crippen LogP contribution in [0, 0.1) is 0 Å². The maximum atomic E-state index is 11.0. The number of benzene rings is 1. The minimum atomic E-state index is -4.29. The maximum absolute atomic E-state index is 11.0. The quantitative estimate of drug-likeness (QED) is 0.455. The Kier molecular flexibility index (Phi) is 3.75. The molecule has 0 radical (unpaired) electrons. The number of carbonyl (C=O) groups is 1. The standard InChI is InChI=1S/C9H10N2O4S/c1-7(12)11-10-6-8-4-2-3-5-9(8)16(13,14)15/h2-6H,1H3,(H,11,12)(H,13,14,15). The van der Waals surface area contributed by atoms with E-state index < -0.39 is 10.1 Å². The Balaban J connectivity index is 3.06. The summed E-state index contributed by atoms with van der Waals surface area (Å²) in [5.74, 6) is -0.374. The highest BCUT2D eigenvalue weighted by Crippen LogP contribution is 2.12. The first-order valence-corrected chi connectivity index (χ1v) is 5.71. The number of rotatable bonds is 3. The van der Waals surface area contributed by atoms with Crippen LogP contribution in [0.4, 0.5) is 0 Å². The van der Waals surface area contributed by atoms with Crippen LogP contribution in [-0.2, 0) is 14.9 Å². The molecular formula is C9H10N2O4S. The molecule has 0 aliphatic heterocycles. The minimum absolute atomic E-state index is 0.193. The van der Waals surface area contributed by atoms with Gasteiger partial charge >= 0.3 is 0 Å². The lowest BCUT2D eigenvalue weighted by atomic mass is 10.2.